The summed E-state index contributed by atoms with van der Waals surface area (Å²) in [4.78, 5) is 36.6. The first kappa shape index (κ1) is 46.6. The van der Waals surface area contributed by atoms with Crippen LogP contribution in [-0.4, -0.2) is 72.9 Å². The Labute approximate surface area is 374 Å². The van der Waals surface area contributed by atoms with Crippen LogP contribution in [0.25, 0.3) is 56.4 Å². The van der Waals surface area contributed by atoms with Gasteiger partial charge >= 0.3 is 12.2 Å². The zero-order chi connectivity index (χ0) is 45.9. The smallest absolute Gasteiger partial charge is 0.421 e. The minimum Gasteiger partial charge on any atom is -0.444 e. The summed E-state index contributed by atoms with van der Waals surface area (Å²) in [5.41, 5.74) is 9.28. The number of carbonyl (C=O) groups excluding carboxylic acids is 2. The van der Waals surface area contributed by atoms with Gasteiger partial charge in [-0.3, -0.25) is 5.32 Å². The van der Waals surface area contributed by atoms with E-state index in [0.29, 0.717) is 39.8 Å². The van der Waals surface area contributed by atoms with Crippen LogP contribution < -0.4 is 11.1 Å². The topological polar surface area (TPSA) is 199 Å². The minimum absolute atomic E-state index is 0. The second-order valence-electron chi connectivity index (χ2n) is 16.1. The molecule has 1 amide bonds. The number of nitrogens with zero attached hydrogens (tertiary/aromatic N) is 9. The van der Waals surface area contributed by atoms with Gasteiger partial charge < -0.3 is 20.2 Å². The molecular weight excluding hydrogens is 872 g/mol. The average molecular weight is 913 g/mol. The van der Waals surface area contributed by atoms with Crippen LogP contribution in [0.4, 0.5) is 39.0 Å². The van der Waals surface area contributed by atoms with Gasteiger partial charge in [0.2, 0.25) is 5.95 Å². The number of aromatic nitrogens is 10. The first-order valence-electron chi connectivity index (χ1n) is 19.4. The van der Waals surface area contributed by atoms with Gasteiger partial charge in [0.05, 0.1) is 47.6 Å². The number of aromatic amines is 1. The Morgan fingerprint density at radius 2 is 1.09 bits per heavy atom. The molecular formula is C44H41ClF4N12O4. The molecule has 0 aliphatic heterocycles. The summed E-state index contributed by atoms with van der Waals surface area (Å²) >= 11 is 0. The molecule has 4 heterocycles. The van der Waals surface area contributed by atoms with Crippen molar-refractivity contribution < 1.29 is 36.6 Å². The molecule has 0 atom stereocenters. The molecule has 0 aliphatic carbocycles. The van der Waals surface area contributed by atoms with Crippen molar-refractivity contribution in [1.29, 1.82) is 0 Å². The molecule has 8 rings (SSSR count). The van der Waals surface area contributed by atoms with E-state index in [4.69, 9.17) is 15.2 Å². The number of ether oxygens (including phenoxy) is 2. The quantitative estimate of drug-likeness (QED) is 0.129. The van der Waals surface area contributed by atoms with Crippen LogP contribution in [0, 0.1) is 23.3 Å². The van der Waals surface area contributed by atoms with Crippen molar-refractivity contribution in [3.8, 4) is 56.4 Å². The van der Waals surface area contributed by atoms with Gasteiger partial charge in [-0.15, -0.1) is 22.6 Å². The summed E-state index contributed by atoms with van der Waals surface area (Å²) in [7, 11) is 0. The number of hydrogen-bond acceptors (Lipinski definition) is 11. The van der Waals surface area contributed by atoms with E-state index in [-0.39, 0.29) is 23.9 Å². The van der Waals surface area contributed by atoms with Crippen molar-refractivity contribution in [1.82, 2.24) is 49.5 Å². The summed E-state index contributed by atoms with van der Waals surface area (Å²) in [5.74, 6) is -2.47. The number of nitrogens with two attached hydrogens (primary N) is 1. The van der Waals surface area contributed by atoms with Crippen LogP contribution in [0.2, 0.25) is 0 Å². The zero-order valence-corrected chi connectivity index (χ0v) is 36.4. The van der Waals surface area contributed by atoms with Crippen LogP contribution in [0.1, 0.15) is 41.5 Å². The number of carbonyl (C=O) groups is 2. The molecule has 0 unspecified atom stereocenters. The minimum atomic E-state index is -0.805. The molecule has 4 aromatic carbocycles. The molecule has 4 N–H and O–H groups in total. The van der Waals surface area contributed by atoms with E-state index in [9.17, 15) is 27.2 Å². The molecule has 0 saturated carbocycles. The van der Waals surface area contributed by atoms with E-state index >= 15 is 0 Å². The van der Waals surface area contributed by atoms with E-state index < -0.39 is 46.7 Å². The van der Waals surface area contributed by atoms with Crippen LogP contribution in [0.5, 0.6) is 0 Å². The Kier molecular flexibility index (Phi) is 13.5. The molecule has 0 saturated heterocycles. The Hall–Kier alpha value is -7.87. The number of halogens is 5. The second kappa shape index (κ2) is 18.9. The third kappa shape index (κ3) is 11.8. The standard InChI is InChI=1S/C27H28F2N6O4.C17H12F2N6.ClH/c1-26(2,3)38-24(36)31-23-30-14-22(35(23)25(37)39-27(4,5)6)16-7-9-20(10-8-16)34-15-21(32-33-34)17-11-18(28)13-19(29)12-17;18-12-5-11(6-13(19)7-12)16-9-25(24-23-16)14-3-1-10(2-4-14)15-8-21-17(20)22-15;/h7-15H,1-6H3,(H,30,31,36);1-9H,(H3,20,21,22);1H. The monoisotopic (exact) mass is 912 g/mol. The van der Waals surface area contributed by atoms with Gasteiger partial charge in [0.1, 0.15) is 45.9 Å². The molecule has 0 fully saturated rings. The van der Waals surface area contributed by atoms with Crippen molar-refractivity contribution in [2.75, 3.05) is 11.1 Å². The number of nitrogen functional groups attached to an aromatic ring is 1. The number of anilines is 2. The van der Waals surface area contributed by atoms with E-state index in [0.717, 1.165) is 33.6 Å². The third-order valence-electron chi connectivity index (χ3n) is 8.72. The predicted octanol–water partition coefficient (Wildman–Crippen LogP) is 9.81. The first-order chi connectivity index (χ1) is 30.3. The Morgan fingerprint density at radius 3 is 1.52 bits per heavy atom. The Balaban J connectivity index is 0.000000232. The summed E-state index contributed by atoms with van der Waals surface area (Å²) in [6, 6.07) is 20.7. The highest BCUT2D eigenvalue weighted by atomic mass is 35.5. The van der Waals surface area contributed by atoms with E-state index in [1.54, 1.807) is 78.2 Å². The molecule has 16 nitrogen and oxygen atoms in total. The fraction of sp³-hybridized carbons (Fsp3) is 0.182. The van der Waals surface area contributed by atoms with Crippen LogP contribution in [0.15, 0.2) is 110 Å². The highest BCUT2D eigenvalue weighted by molar-refractivity contribution is 5.89. The van der Waals surface area contributed by atoms with Crippen molar-refractivity contribution in [2.24, 2.45) is 0 Å². The molecule has 0 aliphatic rings. The lowest BCUT2D eigenvalue weighted by Crippen LogP contribution is -2.31. The van der Waals surface area contributed by atoms with Gasteiger partial charge in [-0.1, -0.05) is 34.7 Å². The molecule has 65 heavy (non-hydrogen) atoms. The normalized spacial score (nSPS) is 11.3. The lowest BCUT2D eigenvalue weighted by Gasteiger charge is -2.22. The number of benzene rings is 4. The molecule has 336 valence electrons. The SMILES string of the molecule is CC(C)(C)OC(=O)Nc1ncc(-c2ccc(-n3cc(-c4cc(F)cc(F)c4)nn3)cc2)n1C(=O)OC(C)(C)C.Cl.Nc1ncc(-c2ccc(-n3cc(-c4cc(F)cc(F)c4)nn3)cc2)[nH]1. The third-order valence-corrected chi connectivity index (χ3v) is 8.72. The molecule has 0 radical (unpaired) electrons. The summed E-state index contributed by atoms with van der Waals surface area (Å²) in [5, 5.41) is 18.5. The molecule has 0 spiro atoms. The fourth-order valence-electron chi connectivity index (χ4n) is 6.04. The predicted molar refractivity (Wildman–Crippen MR) is 235 cm³/mol. The van der Waals surface area contributed by atoms with Crippen molar-refractivity contribution in [2.45, 2.75) is 52.7 Å². The fourth-order valence-corrected chi connectivity index (χ4v) is 6.04. The lowest BCUT2D eigenvalue weighted by atomic mass is 10.1. The van der Waals surface area contributed by atoms with Crippen molar-refractivity contribution >= 4 is 36.5 Å². The average Bonchev–Trinajstić information content (AvgIpc) is 4.04. The van der Waals surface area contributed by atoms with Gasteiger partial charge in [0, 0.05) is 28.8 Å². The molecule has 8 aromatic rings. The van der Waals surface area contributed by atoms with Crippen LogP contribution >= 0.6 is 12.4 Å². The van der Waals surface area contributed by atoms with Crippen molar-refractivity contribution in [3.05, 3.63) is 133 Å². The summed E-state index contributed by atoms with van der Waals surface area (Å²) < 4.78 is 68.9. The highest BCUT2D eigenvalue weighted by Gasteiger charge is 2.26. The lowest BCUT2D eigenvalue weighted by molar-refractivity contribution is 0.0542. The zero-order valence-electron chi connectivity index (χ0n) is 35.5. The second-order valence-corrected chi connectivity index (χ2v) is 16.1. The van der Waals surface area contributed by atoms with Crippen LogP contribution in [-0.2, 0) is 9.47 Å². The number of imidazole rings is 2. The van der Waals surface area contributed by atoms with E-state index in [1.807, 2.05) is 24.3 Å². The molecule has 21 heteroatoms. The Morgan fingerprint density at radius 1 is 0.631 bits per heavy atom. The number of H-pyrrole nitrogens is 1. The van der Waals surface area contributed by atoms with Gasteiger partial charge in [0.15, 0.2) is 5.95 Å². The Bertz CT molecular complexity index is 2910. The van der Waals surface area contributed by atoms with Crippen molar-refractivity contribution in [3.63, 3.8) is 0 Å². The van der Waals surface area contributed by atoms with Crippen LogP contribution in [0.3, 0.4) is 0 Å². The van der Waals surface area contributed by atoms with Gasteiger partial charge in [-0.05, 0) is 95.6 Å². The van der Waals surface area contributed by atoms with Gasteiger partial charge in [0.25, 0.3) is 0 Å². The maximum Gasteiger partial charge on any atom is 0.421 e. The molecule has 4 aromatic heterocycles. The highest BCUT2D eigenvalue weighted by Crippen LogP contribution is 2.28. The number of rotatable bonds is 7. The number of hydrogen-bond donors (Lipinski definition) is 3. The van der Waals surface area contributed by atoms with Gasteiger partial charge in [-0.25, -0.2) is 51.0 Å². The first-order valence-corrected chi connectivity index (χ1v) is 19.4. The maximum absolute atomic E-state index is 13.6. The summed E-state index contributed by atoms with van der Waals surface area (Å²) in [6.07, 6.45) is 4.70. The summed E-state index contributed by atoms with van der Waals surface area (Å²) in [6.45, 7) is 10.3. The van der Waals surface area contributed by atoms with E-state index in [1.165, 1.54) is 46.0 Å². The number of nitrogens with one attached hydrogen (secondary N) is 2. The largest absolute Gasteiger partial charge is 0.444 e. The van der Waals surface area contributed by atoms with E-state index in [2.05, 4.69) is 40.9 Å². The van der Waals surface area contributed by atoms with Gasteiger partial charge in [-0.2, -0.15) is 0 Å². The maximum atomic E-state index is 13.6. The molecule has 0 bridgehead atoms. The number of amides is 1.